The summed E-state index contributed by atoms with van der Waals surface area (Å²) in [6.45, 7) is 0.138. The number of alkyl halides is 3. The van der Waals surface area contributed by atoms with Crippen LogP contribution in [0.25, 0.3) is 0 Å². The van der Waals surface area contributed by atoms with Crippen LogP contribution in [0.2, 0.25) is 0 Å². The van der Waals surface area contributed by atoms with E-state index in [-0.39, 0.29) is 24.5 Å². The molecular formula is C12H13F3N2O4S. The molecule has 1 aromatic rings. The smallest absolute Gasteiger partial charge is 0.416 e. The normalized spacial score (nSPS) is 20.8. The van der Waals surface area contributed by atoms with Gasteiger partial charge in [0, 0.05) is 19.6 Å². The number of halogens is 3. The minimum atomic E-state index is -4.57. The summed E-state index contributed by atoms with van der Waals surface area (Å²) in [4.78, 5) is 10.8. The molecule has 1 atom stereocenters. The molecule has 6 nitrogen and oxygen atoms in total. The number of nitrogens with zero attached hydrogens (tertiary/aromatic N) is 1. The van der Waals surface area contributed by atoms with Crippen LogP contribution in [0.4, 0.5) is 13.2 Å². The number of benzene rings is 1. The summed E-state index contributed by atoms with van der Waals surface area (Å²) in [5, 5.41) is 11.8. The van der Waals surface area contributed by atoms with Crippen LogP contribution in [0.3, 0.4) is 0 Å². The van der Waals surface area contributed by atoms with Gasteiger partial charge in [-0.25, -0.2) is 8.42 Å². The Kier molecular flexibility index (Phi) is 4.45. The largest absolute Gasteiger partial charge is 0.480 e. The molecule has 2 rings (SSSR count). The van der Waals surface area contributed by atoms with Crippen LogP contribution in [-0.2, 0) is 21.0 Å². The molecule has 10 heteroatoms. The fourth-order valence-electron chi connectivity index (χ4n) is 2.14. The van der Waals surface area contributed by atoms with Gasteiger partial charge in [0.1, 0.15) is 6.04 Å². The summed E-state index contributed by atoms with van der Waals surface area (Å²) in [6, 6.07) is 1.69. The Balaban J connectivity index is 2.35. The maximum atomic E-state index is 12.5. The lowest BCUT2D eigenvalue weighted by molar-refractivity contribution is -0.142. The van der Waals surface area contributed by atoms with Crippen LogP contribution in [0, 0.1) is 0 Å². The third kappa shape index (κ3) is 3.23. The number of sulfonamides is 1. The summed E-state index contributed by atoms with van der Waals surface area (Å²) in [6.07, 6.45) is -4.57. The third-order valence-corrected chi connectivity index (χ3v) is 5.19. The van der Waals surface area contributed by atoms with Crippen molar-refractivity contribution in [3.63, 3.8) is 0 Å². The average molecular weight is 338 g/mol. The molecule has 1 aromatic carbocycles. The number of hydrogen-bond acceptors (Lipinski definition) is 4. The maximum Gasteiger partial charge on any atom is 0.416 e. The van der Waals surface area contributed by atoms with Crippen molar-refractivity contribution in [3.8, 4) is 0 Å². The van der Waals surface area contributed by atoms with Gasteiger partial charge in [0.25, 0.3) is 0 Å². The van der Waals surface area contributed by atoms with E-state index in [2.05, 4.69) is 5.32 Å². The molecule has 0 unspecified atom stereocenters. The number of rotatable bonds is 3. The Labute approximate surface area is 124 Å². The van der Waals surface area contributed by atoms with Gasteiger partial charge in [-0.05, 0) is 24.3 Å². The van der Waals surface area contributed by atoms with E-state index in [1.165, 1.54) is 0 Å². The van der Waals surface area contributed by atoms with Crippen molar-refractivity contribution < 1.29 is 31.5 Å². The molecule has 1 saturated heterocycles. The van der Waals surface area contributed by atoms with Crippen LogP contribution >= 0.6 is 0 Å². The highest BCUT2D eigenvalue weighted by atomic mass is 32.2. The number of carboxylic acids is 1. The maximum absolute atomic E-state index is 12.5. The first-order valence-electron chi connectivity index (χ1n) is 6.26. The zero-order valence-corrected chi connectivity index (χ0v) is 12.0. The standard InChI is InChI=1S/C12H13F3N2O4S/c13-12(14,15)8-1-3-9(4-2-8)22(20,21)17-6-5-16-7-10(17)11(18)19/h1-4,10,16H,5-7H2,(H,18,19)/t10-/m1/s1. The SMILES string of the molecule is O=C(O)[C@H]1CNCCN1S(=O)(=O)c1ccc(C(F)(F)F)cc1. The first kappa shape index (κ1) is 16.7. The molecule has 2 N–H and O–H groups in total. The van der Waals surface area contributed by atoms with Gasteiger partial charge in [0.05, 0.1) is 10.5 Å². The summed E-state index contributed by atoms with van der Waals surface area (Å²) >= 11 is 0. The molecule has 0 amide bonds. The highest BCUT2D eigenvalue weighted by Crippen LogP contribution is 2.30. The molecule has 1 fully saturated rings. The van der Waals surface area contributed by atoms with Crippen LogP contribution in [0.1, 0.15) is 5.56 Å². The monoisotopic (exact) mass is 338 g/mol. The fourth-order valence-corrected chi connectivity index (χ4v) is 3.72. The second-order valence-electron chi connectivity index (χ2n) is 4.70. The van der Waals surface area contributed by atoms with Gasteiger partial charge in [-0.2, -0.15) is 17.5 Å². The first-order valence-corrected chi connectivity index (χ1v) is 7.70. The van der Waals surface area contributed by atoms with Crippen molar-refractivity contribution in [2.75, 3.05) is 19.6 Å². The molecule has 0 aromatic heterocycles. The zero-order chi connectivity index (χ0) is 16.5. The number of nitrogens with one attached hydrogen (secondary N) is 1. The Hall–Kier alpha value is -1.65. The summed E-state index contributed by atoms with van der Waals surface area (Å²) in [7, 11) is -4.17. The van der Waals surface area contributed by atoms with E-state index in [1.807, 2.05) is 0 Å². The third-order valence-electron chi connectivity index (χ3n) is 3.27. The molecule has 0 bridgehead atoms. The van der Waals surface area contributed by atoms with Gasteiger partial charge in [-0.1, -0.05) is 0 Å². The average Bonchev–Trinajstić information content (AvgIpc) is 2.46. The van der Waals surface area contributed by atoms with E-state index in [9.17, 15) is 26.4 Å². The quantitative estimate of drug-likeness (QED) is 0.849. The molecule has 1 heterocycles. The van der Waals surface area contributed by atoms with Crippen LogP contribution in [-0.4, -0.2) is 49.5 Å². The predicted octanol–water partition coefficient (Wildman–Crippen LogP) is 0.753. The molecule has 1 aliphatic heterocycles. The number of piperazine rings is 1. The van der Waals surface area contributed by atoms with E-state index >= 15 is 0 Å². The van der Waals surface area contributed by atoms with Gasteiger partial charge >= 0.3 is 12.1 Å². The van der Waals surface area contributed by atoms with Gasteiger partial charge < -0.3 is 10.4 Å². The Morgan fingerprint density at radius 2 is 1.86 bits per heavy atom. The molecule has 0 radical (unpaired) electrons. The minimum absolute atomic E-state index is 0.0603. The molecule has 22 heavy (non-hydrogen) atoms. The Morgan fingerprint density at radius 1 is 1.27 bits per heavy atom. The van der Waals surface area contributed by atoms with Gasteiger partial charge in [0.15, 0.2) is 0 Å². The van der Waals surface area contributed by atoms with Crippen molar-refractivity contribution in [1.82, 2.24) is 9.62 Å². The highest BCUT2D eigenvalue weighted by Gasteiger charge is 2.38. The van der Waals surface area contributed by atoms with Gasteiger partial charge in [-0.15, -0.1) is 0 Å². The molecule has 0 aliphatic carbocycles. The van der Waals surface area contributed by atoms with Crippen molar-refractivity contribution in [3.05, 3.63) is 29.8 Å². The van der Waals surface area contributed by atoms with Crippen LogP contribution < -0.4 is 5.32 Å². The van der Waals surface area contributed by atoms with Crippen molar-refractivity contribution >= 4 is 16.0 Å². The summed E-state index contributed by atoms with van der Waals surface area (Å²) in [5.74, 6) is -1.32. The molecule has 0 saturated carbocycles. The van der Waals surface area contributed by atoms with Crippen molar-refractivity contribution in [2.45, 2.75) is 17.1 Å². The van der Waals surface area contributed by atoms with E-state index < -0.39 is 33.8 Å². The number of carbonyl (C=O) groups is 1. The Morgan fingerprint density at radius 3 is 2.36 bits per heavy atom. The first-order chi connectivity index (χ1) is 10.1. The van der Waals surface area contributed by atoms with Crippen molar-refractivity contribution in [2.24, 2.45) is 0 Å². The summed E-state index contributed by atoms with van der Waals surface area (Å²) < 4.78 is 63.1. The second-order valence-corrected chi connectivity index (χ2v) is 6.59. The number of hydrogen-bond donors (Lipinski definition) is 2. The second kappa shape index (κ2) is 5.86. The predicted molar refractivity (Wildman–Crippen MR) is 69.6 cm³/mol. The number of carboxylic acid groups (broad SMARTS) is 1. The van der Waals surface area contributed by atoms with E-state index in [0.29, 0.717) is 12.1 Å². The topological polar surface area (TPSA) is 86.7 Å². The molecule has 1 aliphatic rings. The van der Waals surface area contributed by atoms with E-state index in [0.717, 1.165) is 16.4 Å². The highest BCUT2D eigenvalue weighted by molar-refractivity contribution is 7.89. The van der Waals surface area contributed by atoms with E-state index in [1.54, 1.807) is 0 Å². The van der Waals surface area contributed by atoms with E-state index in [4.69, 9.17) is 5.11 Å². The van der Waals surface area contributed by atoms with Crippen molar-refractivity contribution in [1.29, 1.82) is 0 Å². The van der Waals surface area contributed by atoms with Crippen LogP contribution in [0.5, 0.6) is 0 Å². The minimum Gasteiger partial charge on any atom is -0.480 e. The fraction of sp³-hybridized carbons (Fsp3) is 0.417. The van der Waals surface area contributed by atoms with Gasteiger partial charge in [0.2, 0.25) is 10.0 Å². The lowest BCUT2D eigenvalue weighted by Gasteiger charge is -2.32. The molecule has 122 valence electrons. The van der Waals surface area contributed by atoms with Gasteiger partial charge in [-0.3, -0.25) is 4.79 Å². The molecular weight excluding hydrogens is 325 g/mol. The number of aliphatic carboxylic acids is 1. The lowest BCUT2D eigenvalue weighted by atomic mass is 10.2. The lowest BCUT2D eigenvalue weighted by Crippen LogP contribution is -2.56. The molecule has 0 spiro atoms. The zero-order valence-electron chi connectivity index (χ0n) is 11.2. The Bertz CT molecular complexity index is 658. The summed E-state index contributed by atoms with van der Waals surface area (Å²) in [5.41, 5.74) is -0.971. The van der Waals surface area contributed by atoms with Crippen LogP contribution in [0.15, 0.2) is 29.2 Å².